The average Bonchev–Trinajstić information content (AvgIpc) is 3.20. The Morgan fingerprint density at radius 1 is 1.29 bits per heavy atom. The minimum atomic E-state index is -0.159. The van der Waals surface area contributed by atoms with Crippen molar-refractivity contribution in [3.8, 4) is 5.75 Å². The monoisotopic (exact) mass is 340 g/mol. The molecular formula is C18H16N2O3S. The Bertz CT molecular complexity index is 790. The van der Waals surface area contributed by atoms with Crippen molar-refractivity contribution in [2.75, 3.05) is 6.61 Å². The summed E-state index contributed by atoms with van der Waals surface area (Å²) in [6.07, 6.45) is 6.91. The molecule has 24 heavy (non-hydrogen) atoms. The zero-order valence-corrected chi connectivity index (χ0v) is 13.9. The molecule has 1 saturated heterocycles. The van der Waals surface area contributed by atoms with Gasteiger partial charge in [0.05, 0.1) is 23.5 Å². The van der Waals surface area contributed by atoms with Gasteiger partial charge in [0.1, 0.15) is 11.5 Å². The number of allylic oxidation sites excluding steroid dienone is 2. The summed E-state index contributed by atoms with van der Waals surface area (Å²) in [5.74, 6) is 1.38. The zero-order chi connectivity index (χ0) is 16.8. The van der Waals surface area contributed by atoms with Gasteiger partial charge in [0.25, 0.3) is 5.91 Å². The second kappa shape index (κ2) is 7.70. The summed E-state index contributed by atoms with van der Waals surface area (Å²) in [5.41, 5.74) is 0.758. The van der Waals surface area contributed by atoms with Crippen LogP contribution in [0.2, 0.25) is 0 Å². The molecular weight excluding hydrogens is 324 g/mol. The SMILES string of the molecule is CCOc1ccc(N=C2NC(=O)/C(=C/C=C/c3ccco3)S2)cc1. The van der Waals surface area contributed by atoms with Gasteiger partial charge in [-0.15, -0.1) is 0 Å². The quantitative estimate of drug-likeness (QED) is 0.832. The van der Waals surface area contributed by atoms with Gasteiger partial charge in [0, 0.05) is 0 Å². The molecule has 1 aliphatic heterocycles. The second-order valence-electron chi connectivity index (χ2n) is 4.81. The molecule has 0 saturated carbocycles. The van der Waals surface area contributed by atoms with E-state index >= 15 is 0 Å². The molecule has 0 spiro atoms. The zero-order valence-electron chi connectivity index (χ0n) is 13.1. The van der Waals surface area contributed by atoms with E-state index in [0.717, 1.165) is 17.2 Å². The highest BCUT2D eigenvalue weighted by molar-refractivity contribution is 8.18. The van der Waals surface area contributed by atoms with E-state index in [1.807, 2.05) is 43.3 Å². The predicted molar refractivity (Wildman–Crippen MR) is 96.3 cm³/mol. The van der Waals surface area contributed by atoms with Crippen molar-refractivity contribution in [2.24, 2.45) is 4.99 Å². The molecule has 1 aromatic carbocycles. The van der Waals surface area contributed by atoms with Crippen molar-refractivity contribution in [3.05, 3.63) is 65.5 Å². The molecule has 0 bridgehead atoms. The number of rotatable bonds is 5. The number of benzene rings is 1. The average molecular weight is 340 g/mol. The Balaban J connectivity index is 1.67. The standard InChI is InChI=1S/C18H16N2O3S/c1-2-22-15-10-8-13(9-11-15)19-18-20-17(21)16(24-18)7-3-5-14-6-4-12-23-14/h3-12H,2H2,1H3,(H,19,20,21)/b5-3+,16-7-. The molecule has 1 fully saturated rings. The van der Waals surface area contributed by atoms with Crippen molar-refractivity contribution in [1.82, 2.24) is 5.32 Å². The highest BCUT2D eigenvalue weighted by Gasteiger charge is 2.23. The van der Waals surface area contributed by atoms with E-state index in [-0.39, 0.29) is 5.91 Å². The van der Waals surface area contributed by atoms with Gasteiger partial charge in [-0.05, 0) is 67.2 Å². The van der Waals surface area contributed by atoms with E-state index in [1.165, 1.54) is 11.8 Å². The van der Waals surface area contributed by atoms with Crippen LogP contribution in [0.15, 0.2) is 69.1 Å². The lowest BCUT2D eigenvalue weighted by Crippen LogP contribution is -2.19. The van der Waals surface area contributed by atoms with E-state index < -0.39 is 0 Å². The lowest BCUT2D eigenvalue weighted by Gasteiger charge is -2.02. The molecule has 0 radical (unpaired) electrons. The maximum absolute atomic E-state index is 11.9. The molecule has 0 atom stereocenters. The van der Waals surface area contributed by atoms with Crippen molar-refractivity contribution < 1.29 is 13.9 Å². The molecule has 122 valence electrons. The molecule has 2 aromatic rings. The van der Waals surface area contributed by atoms with Crippen molar-refractivity contribution in [1.29, 1.82) is 0 Å². The number of aliphatic imine (C=N–C) groups is 1. The number of carbonyl (C=O) groups excluding carboxylic acids is 1. The third kappa shape index (κ3) is 4.17. The van der Waals surface area contributed by atoms with Crippen LogP contribution in [0, 0.1) is 0 Å². The van der Waals surface area contributed by atoms with Gasteiger partial charge in [0.15, 0.2) is 5.17 Å². The minimum absolute atomic E-state index is 0.159. The normalized spacial score (nSPS) is 17.8. The van der Waals surface area contributed by atoms with Gasteiger partial charge in [-0.25, -0.2) is 4.99 Å². The summed E-state index contributed by atoms with van der Waals surface area (Å²) in [6.45, 7) is 2.56. The lowest BCUT2D eigenvalue weighted by molar-refractivity contribution is -0.115. The van der Waals surface area contributed by atoms with Crippen molar-refractivity contribution in [3.63, 3.8) is 0 Å². The number of hydrogen-bond donors (Lipinski definition) is 1. The first-order valence-corrected chi connectivity index (χ1v) is 8.29. The highest BCUT2D eigenvalue weighted by atomic mass is 32.2. The van der Waals surface area contributed by atoms with E-state index in [0.29, 0.717) is 16.7 Å². The first-order chi connectivity index (χ1) is 11.7. The summed E-state index contributed by atoms with van der Waals surface area (Å²) in [4.78, 5) is 17.0. The summed E-state index contributed by atoms with van der Waals surface area (Å²) >= 11 is 1.30. The van der Waals surface area contributed by atoms with E-state index in [1.54, 1.807) is 24.5 Å². The predicted octanol–water partition coefficient (Wildman–Crippen LogP) is 4.13. The largest absolute Gasteiger partial charge is 0.494 e. The van der Waals surface area contributed by atoms with Crippen LogP contribution in [0.3, 0.4) is 0 Å². The third-order valence-electron chi connectivity index (χ3n) is 3.08. The fraction of sp³-hybridized carbons (Fsp3) is 0.111. The molecule has 0 unspecified atom stereocenters. The maximum atomic E-state index is 11.9. The maximum Gasteiger partial charge on any atom is 0.264 e. The van der Waals surface area contributed by atoms with E-state index in [4.69, 9.17) is 9.15 Å². The number of ether oxygens (including phenoxy) is 1. The fourth-order valence-electron chi connectivity index (χ4n) is 2.01. The smallest absolute Gasteiger partial charge is 0.264 e. The third-order valence-corrected chi connectivity index (χ3v) is 4.01. The van der Waals surface area contributed by atoms with Gasteiger partial charge < -0.3 is 14.5 Å². The van der Waals surface area contributed by atoms with E-state index in [2.05, 4.69) is 10.3 Å². The second-order valence-corrected chi connectivity index (χ2v) is 5.84. The van der Waals surface area contributed by atoms with Gasteiger partial charge in [0.2, 0.25) is 0 Å². The summed E-state index contributed by atoms with van der Waals surface area (Å²) < 4.78 is 10.6. The Morgan fingerprint density at radius 3 is 2.83 bits per heavy atom. The molecule has 1 aromatic heterocycles. The molecule has 3 rings (SSSR count). The van der Waals surface area contributed by atoms with Crippen molar-refractivity contribution >= 4 is 34.6 Å². The Kier molecular flexibility index (Phi) is 5.18. The summed E-state index contributed by atoms with van der Waals surface area (Å²) in [7, 11) is 0. The summed E-state index contributed by atoms with van der Waals surface area (Å²) in [5, 5.41) is 3.31. The van der Waals surface area contributed by atoms with Crippen LogP contribution in [0.1, 0.15) is 12.7 Å². The lowest BCUT2D eigenvalue weighted by atomic mass is 10.3. The van der Waals surface area contributed by atoms with Gasteiger partial charge >= 0.3 is 0 Å². The van der Waals surface area contributed by atoms with Gasteiger partial charge in [-0.3, -0.25) is 4.79 Å². The topological polar surface area (TPSA) is 63.8 Å². The number of amidine groups is 1. The molecule has 1 aliphatic rings. The van der Waals surface area contributed by atoms with Crippen molar-refractivity contribution in [2.45, 2.75) is 6.92 Å². The molecule has 5 nitrogen and oxygen atoms in total. The molecule has 0 aliphatic carbocycles. The van der Waals surface area contributed by atoms with Gasteiger partial charge in [-0.1, -0.05) is 6.08 Å². The van der Waals surface area contributed by atoms with Crippen LogP contribution in [-0.2, 0) is 4.79 Å². The number of nitrogens with zero attached hydrogens (tertiary/aromatic N) is 1. The minimum Gasteiger partial charge on any atom is -0.494 e. The molecule has 1 amide bonds. The Labute approximate surface area is 144 Å². The number of hydrogen-bond acceptors (Lipinski definition) is 5. The van der Waals surface area contributed by atoms with Crippen LogP contribution < -0.4 is 10.1 Å². The number of thioether (sulfide) groups is 1. The number of nitrogens with one attached hydrogen (secondary N) is 1. The van der Waals surface area contributed by atoms with Crippen LogP contribution >= 0.6 is 11.8 Å². The molecule has 1 N–H and O–H groups in total. The van der Waals surface area contributed by atoms with Crippen LogP contribution in [-0.4, -0.2) is 17.7 Å². The number of furan rings is 1. The molecule has 2 heterocycles. The number of amides is 1. The van der Waals surface area contributed by atoms with Crippen LogP contribution in [0.4, 0.5) is 5.69 Å². The van der Waals surface area contributed by atoms with Crippen LogP contribution in [0.5, 0.6) is 5.75 Å². The summed E-state index contributed by atoms with van der Waals surface area (Å²) in [6, 6.07) is 11.1. The Hall–Kier alpha value is -2.73. The number of carbonyl (C=O) groups is 1. The Morgan fingerprint density at radius 2 is 2.12 bits per heavy atom. The first-order valence-electron chi connectivity index (χ1n) is 7.47. The van der Waals surface area contributed by atoms with E-state index in [9.17, 15) is 4.79 Å². The van der Waals surface area contributed by atoms with Crippen LogP contribution in [0.25, 0.3) is 6.08 Å². The molecule has 6 heteroatoms. The van der Waals surface area contributed by atoms with Gasteiger partial charge in [-0.2, -0.15) is 0 Å². The fourth-order valence-corrected chi connectivity index (χ4v) is 2.81. The highest BCUT2D eigenvalue weighted by Crippen LogP contribution is 2.27. The first kappa shape index (κ1) is 16.1.